The number of hydrogen-bond donors (Lipinski definition) is 0. The summed E-state index contributed by atoms with van der Waals surface area (Å²) < 4.78 is 0. The fourth-order valence-corrected chi connectivity index (χ4v) is 17.6. The van der Waals surface area contributed by atoms with Crippen molar-refractivity contribution in [1.82, 2.24) is 0 Å². The van der Waals surface area contributed by atoms with Crippen molar-refractivity contribution in [3.05, 3.63) is 224 Å². The predicted molar refractivity (Wildman–Crippen MR) is 322 cm³/mol. The molecule has 6 aliphatic carbocycles. The van der Waals surface area contributed by atoms with E-state index in [9.17, 15) is 0 Å². The molecule has 11 aromatic carbocycles. The van der Waals surface area contributed by atoms with Gasteiger partial charge in [-0.1, -0.05) is 204 Å². The van der Waals surface area contributed by atoms with E-state index in [2.05, 4.69) is 241 Å². The van der Waals surface area contributed by atoms with Crippen LogP contribution in [0.25, 0.3) is 110 Å². The Morgan fingerprint density at radius 3 is 0.947 bits per heavy atom. The van der Waals surface area contributed by atoms with E-state index >= 15 is 0 Å². The number of rotatable bonds is 2. The van der Waals surface area contributed by atoms with E-state index in [0.717, 1.165) is 0 Å². The maximum atomic E-state index is 2.70. The number of hydrogen-bond acceptors (Lipinski definition) is 0. The average molecular weight is 975 g/mol. The molecule has 0 aliphatic heterocycles. The molecule has 0 spiro atoms. The first kappa shape index (κ1) is 43.7. The van der Waals surface area contributed by atoms with Gasteiger partial charge in [0.1, 0.15) is 0 Å². The zero-order chi connectivity index (χ0) is 51.9. The highest BCUT2D eigenvalue weighted by Crippen LogP contribution is 2.70. The van der Waals surface area contributed by atoms with Crippen LogP contribution in [0.15, 0.2) is 158 Å². The van der Waals surface area contributed by atoms with E-state index in [-0.39, 0.29) is 32.5 Å². The van der Waals surface area contributed by atoms with Crippen LogP contribution in [0.1, 0.15) is 150 Å². The Morgan fingerprint density at radius 2 is 0.526 bits per heavy atom. The molecule has 0 aromatic heterocycles. The summed E-state index contributed by atoms with van der Waals surface area (Å²) in [4.78, 5) is 0. The molecule has 0 nitrogen and oxygen atoms in total. The van der Waals surface area contributed by atoms with Crippen molar-refractivity contribution < 1.29 is 0 Å². The minimum atomic E-state index is -0.239. The second kappa shape index (κ2) is 13.2. The van der Waals surface area contributed by atoms with Gasteiger partial charge in [-0.2, -0.15) is 0 Å². The molecule has 0 saturated carbocycles. The normalized spacial score (nSPS) is 18.4. The standard InChI is InChI=1S/C76H62/c1-71(2)53-31-19-29-45-47(43-27-17-23-39-21-13-15-25-41(39)43)33-57-63(61(45)53)65-59(71)37-51-49-35-56-50(36-55(49)73(5,6)67(51)69(65)75(57,9)10)52-38-60-66-64-58(76(11,12)70(66)68(52)74(56,7)8)34-48(44-28-18-24-40-22-14-16-26-42(40)44)46-30-20-32-54(62(46)64)72(60,3)4/h13-38H,1-12H3. The highest BCUT2D eigenvalue weighted by atomic mass is 14.6. The van der Waals surface area contributed by atoms with Gasteiger partial charge in [-0.15, -0.1) is 0 Å². The first-order valence-corrected chi connectivity index (χ1v) is 28.1. The highest BCUT2D eigenvalue weighted by Gasteiger charge is 2.55. The molecule has 366 valence electrons. The quantitative estimate of drug-likeness (QED) is 0.162. The van der Waals surface area contributed by atoms with Crippen LogP contribution in [0, 0.1) is 0 Å². The number of benzene rings is 11. The van der Waals surface area contributed by atoms with Crippen LogP contribution >= 0.6 is 0 Å². The van der Waals surface area contributed by atoms with Crippen LogP contribution < -0.4 is 0 Å². The van der Waals surface area contributed by atoms with Crippen molar-refractivity contribution in [3.63, 3.8) is 0 Å². The van der Waals surface area contributed by atoms with E-state index in [1.54, 1.807) is 11.1 Å². The maximum Gasteiger partial charge on any atom is 0.0162 e. The molecule has 0 heteroatoms. The van der Waals surface area contributed by atoms with E-state index in [1.165, 1.54) is 165 Å². The zero-order valence-electron chi connectivity index (χ0n) is 46.0. The van der Waals surface area contributed by atoms with Crippen LogP contribution in [0.5, 0.6) is 0 Å². The lowest BCUT2D eigenvalue weighted by atomic mass is 9.66. The van der Waals surface area contributed by atoms with E-state index < -0.39 is 0 Å². The Balaban J connectivity index is 0.897. The molecule has 0 radical (unpaired) electrons. The molecule has 0 atom stereocenters. The first-order valence-electron chi connectivity index (χ1n) is 28.1. The molecule has 11 aromatic rings. The lowest BCUT2D eigenvalue weighted by Gasteiger charge is -2.37. The minimum absolute atomic E-state index is 0.215. The van der Waals surface area contributed by atoms with Crippen LogP contribution in [-0.2, 0) is 32.5 Å². The van der Waals surface area contributed by atoms with E-state index in [1.807, 2.05) is 0 Å². The molecule has 76 heavy (non-hydrogen) atoms. The minimum Gasteiger partial charge on any atom is -0.0616 e. The van der Waals surface area contributed by atoms with Gasteiger partial charge < -0.3 is 0 Å². The summed E-state index contributed by atoms with van der Waals surface area (Å²) in [5.74, 6) is 0. The van der Waals surface area contributed by atoms with Crippen LogP contribution in [0.3, 0.4) is 0 Å². The molecular formula is C76H62. The van der Waals surface area contributed by atoms with Gasteiger partial charge in [-0.3, -0.25) is 0 Å². The number of fused-ring (bicyclic) bond motifs is 10. The fourth-order valence-electron chi connectivity index (χ4n) is 17.6. The van der Waals surface area contributed by atoms with E-state index in [0.29, 0.717) is 0 Å². The Hall–Kier alpha value is -7.54. The van der Waals surface area contributed by atoms with Gasteiger partial charge in [0.05, 0.1) is 0 Å². The van der Waals surface area contributed by atoms with E-state index in [4.69, 9.17) is 0 Å². The second-order valence-electron chi connectivity index (χ2n) is 27.1. The molecule has 0 bridgehead atoms. The van der Waals surface area contributed by atoms with Gasteiger partial charge >= 0.3 is 0 Å². The van der Waals surface area contributed by atoms with Crippen molar-refractivity contribution >= 4 is 43.1 Å². The third-order valence-electron chi connectivity index (χ3n) is 21.3. The fraction of sp³-hybridized carbons (Fsp3) is 0.237. The van der Waals surface area contributed by atoms with Crippen LogP contribution in [0.2, 0.25) is 0 Å². The summed E-state index contributed by atoms with van der Waals surface area (Å²) in [7, 11) is 0. The van der Waals surface area contributed by atoms with Crippen molar-refractivity contribution in [1.29, 1.82) is 0 Å². The van der Waals surface area contributed by atoms with Crippen molar-refractivity contribution in [2.24, 2.45) is 0 Å². The molecule has 17 rings (SSSR count). The first-order chi connectivity index (χ1) is 36.3. The molecule has 0 amide bonds. The summed E-state index contributed by atoms with van der Waals surface area (Å²) in [6.07, 6.45) is 0. The highest BCUT2D eigenvalue weighted by molar-refractivity contribution is 6.18. The van der Waals surface area contributed by atoms with Crippen molar-refractivity contribution in [3.8, 4) is 66.8 Å². The summed E-state index contributed by atoms with van der Waals surface area (Å²) in [5, 5.41) is 10.9. The largest absolute Gasteiger partial charge is 0.0616 e. The van der Waals surface area contributed by atoms with Gasteiger partial charge in [0.2, 0.25) is 0 Å². The smallest absolute Gasteiger partial charge is 0.0162 e. The van der Waals surface area contributed by atoms with Gasteiger partial charge in [0.15, 0.2) is 0 Å². The van der Waals surface area contributed by atoms with Gasteiger partial charge in [-0.05, 0) is 213 Å². The third kappa shape index (κ3) is 4.69. The molecule has 0 unspecified atom stereocenters. The van der Waals surface area contributed by atoms with Crippen molar-refractivity contribution in [2.75, 3.05) is 0 Å². The monoisotopic (exact) mass is 974 g/mol. The zero-order valence-corrected chi connectivity index (χ0v) is 46.0. The summed E-state index contributed by atoms with van der Waals surface area (Å²) >= 11 is 0. The summed E-state index contributed by atoms with van der Waals surface area (Å²) in [6, 6.07) is 62.0. The predicted octanol–water partition coefficient (Wildman–Crippen LogP) is 20.1. The SMILES string of the molecule is CC1(C)c2cc3c(cc2-c2cc4c5c(c21)C(C)(C)c1cc(-c2cccc6ccccc26)c2cccc(c2c1-5)C4(C)C)C(C)(C)c1c-3cc2c3c1C(C)(C)c1cc(-c4cccc5ccccc45)c4cccc(c4c1-3)C2(C)C. The maximum absolute atomic E-state index is 2.70. The van der Waals surface area contributed by atoms with Gasteiger partial charge in [-0.25, -0.2) is 0 Å². The van der Waals surface area contributed by atoms with Crippen LogP contribution in [0.4, 0.5) is 0 Å². The molecule has 0 fully saturated rings. The molecular weight excluding hydrogens is 913 g/mol. The Kier molecular flexibility index (Phi) is 7.56. The van der Waals surface area contributed by atoms with Crippen molar-refractivity contribution in [2.45, 2.75) is 116 Å². The molecule has 0 heterocycles. The average Bonchev–Trinajstić information content (AvgIpc) is 3.56. The molecule has 0 saturated heterocycles. The Morgan fingerprint density at radius 1 is 0.211 bits per heavy atom. The Labute approximate surface area is 447 Å². The van der Waals surface area contributed by atoms with Crippen LogP contribution in [-0.4, -0.2) is 0 Å². The summed E-state index contributed by atoms with van der Waals surface area (Å²) in [5.41, 5.74) is 33.6. The lowest BCUT2D eigenvalue weighted by Crippen LogP contribution is -2.27. The molecule has 6 aliphatic rings. The van der Waals surface area contributed by atoms with Gasteiger partial charge in [0.25, 0.3) is 0 Å². The topological polar surface area (TPSA) is 0 Å². The Bertz CT molecular complexity index is 4360. The second-order valence-corrected chi connectivity index (χ2v) is 27.1. The van der Waals surface area contributed by atoms with Gasteiger partial charge in [0, 0.05) is 32.5 Å². The summed E-state index contributed by atoms with van der Waals surface area (Å²) in [6.45, 7) is 30.4. The lowest BCUT2D eigenvalue weighted by molar-refractivity contribution is 0.594. The third-order valence-corrected chi connectivity index (χ3v) is 21.3. The molecule has 0 N–H and O–H groups in total.